The monoisotopic (exact) mass is 293 g/mol. The number of carbonyl (C=O) groups is 1. The lowest BCUT2D eigenvalue weighted by atomic mass is 9.98. The molecule has 3 nitrogen and oxygen atoms in total. The molecule has 1 saturated heterocycles. The molecule has 1 aliphatic heterocycles. The molecule has 0 N–H and O–H groups in total. The maximum absolute atomic E-state index is 11.8. The van der Waals surface area contributed by atoms with Crippen molar-refractivity contribution in [3.8, 4) is 11.8 Å². The van der Waals surface area contributed by atoms with Crippen LogP contribution in [0.2, 0.25) is 0 Å². The summed E-state index contributed by atoms with van der Waals surface area (Å²) in [4.78, 5) is 14.1. The first-order valence-electron chi connectivity index (χ1n) is 8.59. The lowest BCUT2D eigenvalue weighted by molar-refractivity contribution is -0.144. The SMILES string of the molecule is CCCCCCC1CC(CC#CCN(CC)CC)C(=O)O1. The molecule has 1 rings (SSSR count). The van der Waals surface area contributed by atoms with Crippen LogP contribution in [0.1, 0.15) is 65.7 Å². The number of esters is 1. The van der Waals surface area contributed by atoms with E-state index in [1.54, 1.807) is 0 Å². The van der Waals surface area contributed by atoms with Gasteiger partial charge in [0.2, 0.25) is 0 Å². The Morgan fingerprint density at radius 2 is 1.90 bits per heavy atom. The zero-order valence-electron chi connectivity index (χ0n) is 14.0. The van der Waals surface area contributed by atoms with Crippen molar-refractivity contribution in [1.29, 1.82) is 0 Å². The molecule has 2 unspecified atom stereocenters. The van der Waals surface area contributed by atoms with E-state index < -0.39 is 0 Å². The summed E-state index contributed by atoms with van der Waals surface area (Å²) in [5.41, 5.74) is 0. The average molecular weight is 293 g/mol. The van der Waals surface area contributed by atoms with Gasteiger partial charge in [-0.1, -0.05) is 46.0 Å². The van der Waals surface area contributed by atoms with Crippen molar-refractivity contribution in [2.24, 2.45) is 5.92 Å². The molecule has 0 saturated carbocycles. The maximum Gasteiger partial charge on any atom is 0.310 e. The van der Waals surface area contributed by atoms with Crippen molar-refractivity contribution >= 4 is 5.97 Å². The van der Waals surface area contributed by atoms with Crippen molar-refractivity contribution in [3.63, 3.8) is 0 Å². The Labute approximate surface area is 130 Å². The Kier molecular flexibility index (Phi) is 9.17. The Bertz CT molecular complexity index is 352. The molecule has 0 amide bonds. The molecular formula is C18H31NO2. The van der Waals surface area contributed by atoms with E-state index in [1.807, 2.05) is 0 Å². The van der Waals surface area contributed by atoms with E-state index in [0.29, 0.717) is 6.42 Å². The van der Waals surface area contributed by atoms with Crippen molar-refractivity contribution in [2.45, 2.75) is 71.8 Å². The second kappa shape index (κ2) is 10.7. The number of hydrogen-bond donors (Lipinski definition) is 0. The van der Waals surface area contributed by atoms with Crippen LogP contribution in [-0.2, 0) is 9.53 Å². The minimum absolute atomic E-state index is 0.00498. The molecule has 21 heavy (non-hydrogen) atoms. The molecular weight excluding hydrogens is 262 g/mol. The number of nitrogens with zero attached hydrogens (tertiary/aromatic N) is 1. The first kappa shape index (κ1) is 18.0. The number of rotatable bonds is 9. The van der Waals surface area contributed by atoms with E-state index in [4.69, 9.17) is 4.74 Å². The zero-order valence-corrected chi connectivity index (χ0v) is 14.0. The molecule has 2 atom stereocenters. The second-order valence-electron chi connectivity index (χ2n) is 5.86. The van der Waals surface area contributed by atoms with Crippen molar-refractivity contribution in [2.75, 3.05) is 19.6 Å². The average Bonchev–Trinajstić information content (AvgIpc) is 2.84. The minimum Gasteiger partial charge on any atom is -0.462 e. The highest BCUT2D eigenvalue weighted by atomic mass is 16.5. The van der Waals surface area contributed by atoms with Crippen LogP contribution in [0.25, 0.3) is 0 Å². The summed E-state index contributed by atoms with van der Waals surface area (Å²) in [5, 5.41) is 0. The minimum atomic E-state index is -0.0346. The summed E-state index contributed by atoms with van der Waals surface area (Å²) in [6.45, 7) is 9.34. The van der Waals surface area contributed by atoms with Crippen molar-refractivity contribution < 1.29 is 9.53 Å². The van der Waals surface area contributed by atoms with Gasteiger partial charge in [0.1, 0.15) is 6.10 Å². The fraction of sp³-hybridized carbons (Fsp3) is 0.833. The van der Waals surface area contributed by atoms with Crippen molar-refractivity contribution in [1.82, 2.24) is 4.90 Å². The number of hydrogen-bond acceptors (Lipinski definition) is 3. The number of cyclic esters (lactones) is 1. The van der Waals surface area contributed by atoms with Gasteiger partial charge in [-0.3, -0.25) is 9.69 Å². The summed E-state index contributed by atoms with van der Waals surface area (Å²) >= 11 is 0. The second-order valence-corrected chi connectivity index (χ2v) is 5.86. The molecule has 3 heteroatoms. The Balaban J connectivity index is 2.24. The topological polar surface area (TPSA) is 29.5 Å². The third-order valence-electron chi connectivity index (χ3n) is 4.21. The summed E-state index contributed by atoms with van der Waals surface area (Å²) in [6, 6.07) is 0. The van der Waals surface area contributed by atoms with Crippen LogP contribution in [0.4, 0.5) is 0 Å². The summed E-state index contributed by atoms with van der Waals surface area (Å²) in [5.74, 6) is 6.31. The normalized spacial score (nSPS) is 21.2. The Hall–Kier alpha value is -1.01. The van der Waals surface area contributed by atoms with Gasteiger partial charge in [-0.25, -0.2) is 0 Å². The largest absolute Gasteiger partial charge is 0.462 e. The van der Waals surface area contributed by atoms with Crippen LogP contribution in [0.3, 0.4) is 0 Å². The summed E-state index contributed by atoms with van der Waals surface area (Å²) in [6.07, 6.45) is 7.64. The molecule has 0 spiro atoms. The molecule has 120 valence electrons. The molecule has 0 bridgehead atoms. The van der Waals surface area contributed by atoms with Crippen LogP contribution in [0.5, 0.6) is 0 Å². The van der Waals surface area contributed by atoms with Crippen molar-refractivity contribution in [3.05, 3.63) is 0 Å². The number of carbonyl (C=O) groups excluding carboxylic acids is 1. The molecule has 0 radical (unpaired) electrons. The lowest BCUT2D eigenvalue weighted by Gasteiger charge is -2.13. The molecule has 1 aliphatic rings. The van der Waals surface area contributed by atoms with Gasteiger partial charge in [0.05, 0.1) is 12.5 Å². The summed E-state index contributed by atoms with van der Waals surface area (Å²) in [7, 11) is 0. The smallest absolute Gasteiger partial charge is 0.310 e. The van der Waals surface area contributed by atoms with E-state index in [2.05, 4.69) is 37.5 Å². The van der Waals surface area contributed by atoms with Gasteiger partial charge in [-0.05, 0) is 32.4 Å². The highest BCUT2D eigenvalue weighted by Gasteiger charge is 2.33. The zero-order chi connectivity index (χ0) is 15.5. The predicted octanol–water partition coefficient (Wildman–Crippen LogP) is 3.62. The summed E-state index contributed by atoms with van der Waals surface area (Å²) < 4.78 is 5.46. The van der Waals surface area contributed by atoms with Crippen LogP contribution in [0, 0.1) is 17.8 Å². The predicted molar refractivity (Wildman–Crippen MR) is 86.9 cm³/mol. The van der Waals surface area contributed by atoms with Gasteiger partial charge in [0, 0.05) is 6.42 Å². The van der Waals surface area contributed by atoms with Crippen LogP contribution in [0.15, 0.2) is 0 Å². The van der Waals surface area contributed by atoms with E-state index in [9.17, 15) is 4.79 Å². The number of ether oxygens (including phenoxy) is 1. The Morgan fingerprint density at radius 1 is 1.14 bits per heavy atom. The molecule has 0 aromatic carbocycles. The van der Waals surface area contributed by atoms with E-state index in [-0.39, 0.29) is 18.0 Å². The third kappa shape index (κ3) is 7.00. The Morgan fingerprint density at radius 3 is 2.57 bits per heavy atom. The van der Waals surface area contributed by atoms with E-state index >= 15 is 0 Å². The quantitative estimate of drug-likeness (QED) is 0.369. The van der Waals surface area contributed by atoms with Crippen LogP contribution in [-0.4, -0.2) is 36.6 Å². The molecule has 1 heterocycles. The van der Waals surface area contributed by atoms with Crippen LogP contribution >= 0.6 is 0 Å². The van der Waals surface area contributed by atoms with Gasteiger partial charge >= 0.3 is 5.97 Å². The molecule has 0 aromatic heterocycles. The van der Waals surface area contributed by atoms with Gasteiger partial charge in [-0.15, -0.1) is 5.92 Å². The van der Waals surface area contributed by atoms with E-state index in [1.165, 1.54) is 25.7 Å². The van der Waals surface area contributed by atoms with Gasteiger partial charge in [0.25, 0.3) is 0 Å². The standard InChI is InChI=1S/C18H31NO2/c1-4-7-8-9-13-17-15-16(18(20)21-17)12-10-11-14-19(5-2)6-3/h16-17H,4-9,12-15H2,1-3H3. The molecule has 0 aromatic rings. The van der Waals surface area contributed by atoms with Gasteiger partial charge in [-0.2, -0.15) is 0 Å². The highest BCUT2D eigenvalue weighted by Crippen LogP contribution is 2.27. The lowest BCUT2D eigenvalue weighted by Crippen LogP contribution is -2.22. The highest BCUT2D eigenvalue weighted by molar-refractivity contribution is 5.75. The molecule has 1 fully saturated rings. The van der Waals surface area contributed by atoms with E-state index in [0.717, 1.165) is 32.5 Å². The number of unbranched alkanes of at least 4 members (excludes halogenated alkanes) is 3. The fourth-order valence-electron chi connectivity index (χ4n) is 2.67. The molecule has 0 aliphatic carbocycles. The van der Waals surface area contributed by atoms with Gasteiger partial charge < -0.3 is 4.74 Å². The fourth-order valence-corrected chi connectivity index (χ4v) is 2.67. The maximum atomic E-state index is 11.8. The first-order valence-corrected chi connectivity index (χ1v) is 8.59. The van der Waals surface area contributed by atoms with Crippen LogP contribution < -0.4 is 0 Å². The first-order chi connectivity index (χ1) is 10.2. The third-order valence-corrected chi connectivity index (χ3v) is 4.21. The van der Waals surface area contributed by atoms with Gasteiger partial charge in [0.15, 0.2) is 0 Å².